The second kappa shape index (κ2) is 13.4. The molecule has 0 spiro atoms. The van der Waals surface area contributed by atoms with Crippen molar-refractivity contribution < 1.29 is 36.8 Å². The largest absolute Gasteiger partial charge is 0.748 e. The van der Waals surface area contributed by atoms with E-state index in [1.165, 1.54) is 48.9 Å². The predicted octanol–water partition coefficient (Wildman–Crippen LogP) is 0.602. The molecule has 1 N–H and O–H groups in total. The zero-order valence-corrected chi connectivity index (χ0v) is 27.5. The zero-order valence-electron chi connectivity index (χ0n) is 26.6. The number of rotatable bonds is 11. The van der Waals surface area contributed by atoms with Crippen molar-refractivity contribution in [3.8, 4) is 0 Å². The molecule has 15 heteroatoms. The van der Waals surface area contributed by atoms with Crippen LogP contribution in [-0.2, 0) is 45.0 Å². The summed E-state index contributed by atoms with van der Waals surface area (Å²) in [6, 6.07) is 10.3. The Balaban J connectivity index is 0.000000188. The van der Waals surface area contributed by atoms with E-state index in [1.54, 1.807) is 0 Å². The number of aliphatic hydroxyl groups excluding tert-OH is 1. The van der Waals surface area contributed by atoms with Crippen LogP contribution in [0.4, 0.5) is 0 Å². The summed E-state index contributed by atoms with van der Waals surface area (Å²) in [5, 5.41) is 9.70. The minimum atomic E-state index is -4.29. The van der Waals surface area contributed by atoms with Crippen molar-refractivity contribution in [2.75, 3.05) is 26.0 Å². The summed E-state index contributed by atoms with van der Waals surface area (Å²) in [7, 11) is 0.914. The first-order valence-electron chi connectivity index (χ1n) is 15.7. The van der Waals surface area contributed by atoms with E-state index in [4.69, 9.17) is 9.47 Å². The number of ether oxygens (including phenoxy) is 2. The summed E-state index contributed by atoms with van der Waals surface area (Å²) < 4.78 is 48.1. The van der Waals surface area contributed by atoms with Gasteiger partial charge >= 0.3 is 11.7 Å². The molecule has 2 bridgehead atoms. The molecule has 2 aromatic heterocycles. The van der Waals surface area contributed by atoms with E-state index in [0.717, 1.165) is 27.5 Å². The van der Waals surface area contributed by atoms with Crippen LogP contribution in [0.5, 0.6) is 0 Å². The van der Waals surface area contributed by atoms with Crippen LogP contribution in [0.3, 0.4) is 0 Å². The number of aryl methyl sites for hydroxylation is 2. The number of hydrogen-bond acceptors (Lipinski definition) is 10. The summed E-state index contributed by atoms with van der Waals surface area (Å²) in [5.41, 5.74) is 0.245. The maximum Gasteiger partial charge on any atom is 0.332 e. The van der Waals surface area contributed by atoms with Crippen LogP contribution >= 0.6 is 0 Å². The van der Waals surface area contributed by atoms with Gasteiger partial charge in [-0.2, -0.15) is 0 Å². The van der Waals surface area contributed by atoms with Crippen molar-refractivity contribution >= 4 is 27.3 Å². The third kappa shape index (κ3) is 6.69. The molecule has 1 aromatic carbocycles. The molecule has 5 heterocycles. The Bertz CT molecular complexity index is 1770. The molecule has 0 aliphatic carbocycles. The molecule has 6 rings (SSSR count). The first-order valence-corrected chi connectivity index (χ1v) is 17.3. The van der Waals surface area contributed by atoms with Crippen molar-refractivity contribution in [2.24, 2.45) is 14.1 Å². The third-order valence-corrected chi connectivity index (χ3v) is 10.6. The van der Waals surface area contributed by atoms with Crippen LogP contribution in [0.15, 0.2) is 46.2 Å². The fraction of sp³-hybridized carbons (Fsp3) is 0.613. The number of fused-ring (bicyclic) bond motifs is 6. The Morgan fingerprint density at radius 3 is 2.37 bits per heavy atom. The number of unbranched alkanes of at least 4 members (excludes halogenated alkanes) is 1. The second-order valence-corrected chi connectivity index (χ2v) is 14.3. The molecule has 3 aliphatic rings. The molecule has 46 heavy (non-hydrogen) atoms. The van der Waals surface area contributed by atoms with Gasteiger partial charge in [0.15, 0.2) is 11.2 Å². The lowest BCUT2D eigenvalue weighted by molar-refractivity contribution is -0.956. The van der Waals surface area contributed by atoms with Gasteiger partial charge in [-0.05, 0) is 18.4 Å². The van der Waals surface area contributed by atoms with E-state index in [2.05, 4.69) is 19.0 Å². The summed E-state index contributed by atoms with van der Waals surface area (Å²) >= 11 is 0. The topological polar surface area (TPSA) is 178 Å². The number of epoxide rings is 1. The number of piperidine rings is 1. The van der Waals surface area contributed by atoms with Crippen LogP contribution in [0, 0.1) is 0 Å². The van der Waals surface area contributed by atoms with E-state index in [9.17, 15) is 32.5 Å². The van der Waals surface area contributed by atoms with Crippen LogP contribution < -0.4 is 11.2 Å². The number of imidazole rings is 1. The maximum absolute atomic E-state index is 12.7. The highest BCUT2D eigenvalue weighted by molar-refractivity contribution is 7.85. The fourth-order valence-electron chi connectivity index (χ4n) is 7.21. The standard InChI is InChI=1S/C21H30NO4.C10H14N4O5S/c1-3-4-10-22(2)17-11-15(12-18(22)20-19(17)26-20)25-21(24)16(13-23)14-8-6-5-7-9-14;1-12-8-7(9(15)13(2)10(12)16)14(6-11-8)4-3-5-20(17,18)19/h5-9,15-20,23H,3-4,10-13H2,1-2H3;6H,3-5H2,1-2H3,(H,17,18,19)/q+1;/p-1/t15?,16-,17-,18+,19?,20?,22?;/m1./s1. The van der Waals surface area contributed by atoms with Gasteiger partial charge in [0.05, 0.1) is 36.6 Å². The van der Waals surface area contributed by atoms with Crippen LogP contribution in [0.1, 0.15) is 50.5 Å². The highest BCUT2D eigenvalue weighted by Gasteiger charge is 2.71. The molecule has 252 valence electrons. The van der Waals surface area contributed by atoms with Crippen LogP contribution in [0.25, 0.3) is 11.2 Å². The van der Waals surface area contributed by atoms with Gasteiger partial charge in [-0.25, -0.2) is 18.2 Å². The third-order valence-electron chi connectivity index (χ3n) is 9.80. The summed E-state index contributed by atoms with van der Waals surface area (Å²) in [6.45, 7) is 3.36. The SMILES string of the molecule is CCCC[N+]1(C)[C@@H]2CC(OC(=O)[C@H](CO)c3ccccc3)C[C@H]1C1OC12.Cn1c(=O)c2c(ncn2CCCS(=O)(=O)[O-])n(C)c1=O. The number of nitrogens with zero attached hydrogens (tertiary/aromatic N) is 5. The van der Waals surface area contributed by atoms with Gasteiger partial charge in [0.2, 0.25) is 0 Å². The first kappa shape index (κ1) is 34.0. The lowest BCUT2D eigenvalue weighted by atomic mass is 9.94. The molecular weight excluding hydrogens is 618 g/mol. The van der Waals surface area contributed by atoms with Crippen molar-refractivity contribution in [3.05, 3.63) is 63.1 Å². The Kier molecular flexibility index (Phi) is 9.89. The highest BCUT2D eigenvalue weighted by Crippen LogP contribution is 2.53. The van der Waals surface area contributed by atoms with Crippen molar-refractivity contribution in [3.63, 3.8) is 0 Å². The van der Waals surface area contributed by atoms with Gasteiger partial charge in [-0.15, -0.1) is 0 Å². The van der Waals surface area contributed by atoms with Gasteiger partial charge in [-0.1, -0.05) is 43.7 Å². The van der Waals surface area contributed by atoms with E-state index >= 15 is 0 Å². The first-order chi connectivity index (χ1) is 21.8. The minimum absolute atomic E-state index is 0.0560. The molecule has 0 saturated carbocycles. The summed E-state index contributed by atoms with van der Waals surface area (Å²) in [4.78, 5) is 40.4. The number of benzene rings is 1. The average molecular weight is 662 g/mol. The Hall–Kier alpha value is -3.37. The second-order valence-electron chi connectivity index (χ2n) is 12.7. The number of hydrogen-bond donors (Lipinski definition) is 1. The number of aromatic nitrogens is 4. The number of aliphatic hydroxyl groups is 1. The smallest absolute Gasteiger partial charge is 0.332 e. The van der Waals surface area contributed by atoms with Gasteiger partial charge in [-0.3, -0.25) is 18.7 Å². The molecule has 0 amide bonds. The quantitative estimate of drug-likeness (QED) is 0.132. The van der Waals surface area contributed by atoms with Crippen molar-refractivity contribution in [1.82, 2.24) is 18.7 Å². The van der Waals surface area contributed by atoms with Gasteiger partial charge in [0.1, 0.15) is 36.3 Å². The van der Waals surface area contributed by atoms with Crippen LogP contribution in [0.2, 0.25) is 0 Å². The average Bonchev–Trinajstić information content (AvgIpc) is 3.67. The monoisotopic (exact) mass is 661 g/mol. The fourth-order valence-corrected chi connectivity index (χ4v) is 7.69. The van der Waals surface area contributed by atoms with Gasteiger partial charge in [0.25, 0.3) is 5.56 Å². The number of carbonyl (C=O) groups excluding carboxylic acids is 1. The molecular formula is C31H43N5O9S. The maximum atomic E-state index is 12.7. The Morgan fingerprint density at radius 2 is 1.78 bits per heavy atom. The number of morpholine rings is 1. The molecule has 3 fully saturated rings. The molecule has 4 unspecified atom stereocenters. The lowest BCUT2D eigenvalue weighted by Crippen LogP contribution is -2.62. The Morgan fingerprint density at radius 1 is 1.13 bits per heavy atom. The summed E-state index contributed by atoms with van der Waals surface area (Å²) in [6.07, 6.45) is 6.26. The summed E-state index contributed by atoms with van der Waals surface area (Å²) in [5.74, 6) is -1.41. The molecule has 3 aromatic rings. The number of likely N-dealkylation sites (N-methyl/N-ethyl adjacent to an activating group) is 1. The van der Waals surface area contributed by atoms with E-state index in [-0.39, 0.29) is 42.8 Å². The van der Waals surface area contributed by atoms with E-state index < -0.39 is 33.0 Å². The molecule has 7 atom stereocenters. The molecule has 0 radical (unpaired) electrons. The lowest BCUT2D eigenvalue weighted by Gasteiger charge is -2.48. The van der Waals surface area contributed by atoms with Crippen LogP contribution in [-0.4, -0.2) is 104 Å². The zero-order chi connectivity index (χ0) is 33.4. The number of quaternary nitrogens is 1. The molecule has 14 nitrogen and oxygen atoms in total. The van der Waals surface area contributed by atoms with Gasteiger partial charge < -0.3 is 28.2 Å². The predicted molar refractivity (Wildman–Crippen MR) is 167 cm³/mol. The van der Waals surface area contributed by atoms with E-state index in [1.807, 2.05) is 30.3 Å². The van der Waals surface area contributed by atoms with E-state index in [0.29, 0.717) is 24.3 Å². The Labute approximate surface area is 267 Å². The number of carbonyl (C=O) groups is 1. The minimum Gasteiger partial charge on any atom is -0.748 e. The molecule has 3 saturated heterocycles. The normalized spacial score (nSPS) is 27.0. The van der Waals surface area contributed by atoms with Gasteiger partial charge in [0, 0.05) is 39.2 Å². The highest BCUT2D eigenvalue weighted by atomic mass is 32.2. The number of esters is 1. The van der Waals surface area contributed by atoms with Crippen molar-refractivity contribution in [2.45, 2.75) is 81.9 Å². The van der Waals surface area contributed by atoms with Crippen molar-refractivity contribution in [1.29, 1.82) is 0 Å². The molecule has 3 aliphatic heterocycles.